The fourth-order valence-corrected chi connectivity index (χ4v) is 2.29. The first kappa shape index (κ1) is 13.2. The molecular formula is C14H13BrFNO. The van der Waals surface area contributed by atoms with Crippen LogP contribution in [-0.2, 0) is 6.42 Å². The van der Waals surface area contributed by atoms with Crippen LogP contribution < -0.4 is 0 Å². The molecular weight excluding hydrogens is 297 g/mol. The van der Waals surface area contributed by atoms with Crippen LogP contribution >= 0.6 is 15.9 Å². The molecule has 1 heterocycles. The van der Waals surface area contributed by atoms with Gasteiger partial charge in [0.15, 0.2) is 0 Å². The fraction of sp³-hybridized carbons (Fsp3) is 0.214. The van der Waals surface area contributed by atoms with Crippen molar-refractivity contribution in [2.45, 2.75) is 12.3 Å². The number of hydrogen-bond acceptors (Lipinski definition) is 2. The van der Waals surface area contributed by atoms with Gasteiger partial charge in [0, 0.05) is 22.8 Å². The molecule has 0 saturated heterocycles. The Morgan fingerprint density at radius 2 is 1.94 bits per heavy atom. The summed E-state index contributed by atoms with van der Waals surface area (Å²) in [4.78, 5) is 4.09. The van der Waals surface area contributed by atoms with Crippen molar-refractivity contribution < 1.29 is 9.50 Å². The van der Waals surface area contributed by atoms with Gasteiger partial charge in [0.2, 0.25) is 0 Å². The van der Waals surface area contributed by atoms with Crippen LogP contribution in [-0.4, -0.2) is 16.7 Å². The summed E-state index contributed by atoms with van der Waals surface area (Å²) in [7, 11) is 0. The van der Waals surface area contributed by atoms with E-state index in [2.05, 4.69) is 20.9 Å². The number of aliphatic hydroxyl groups is 1. The molecule has 2 nitrogen and oxygen atoms in total. The van der Waals surface area contributed by atoms with Gasteiger partial charge in [0.05, 0.1) is 6.61 Å². The van der Waals surface area contributed by atoms with Crippen molar-refractivity contribution in [2.75, 3.05) is 6.61 Å². The number of nitrogens with zero attached hydrogens (tertiary/aromatic N) is 1. The van der Waals surface area contributed by atoms with Crippen molar-refractivity contribution in [1.29, 1.82) is 0 Å². The summed E-state index contributed by atoms with van der Waals surface area (Å²) in [6.45, 7) is 0.0259. The van der Waals surface area contributed by atoms with E-state index in [0.717, 1.165) is 15.6 Å². The number of aromatic nitrogens is 1. The van der Waals surface area contributed by atoms with Gasteiger partial charge in [0.25, 0.3) is 0 Å². The number of pyridine rings is 1. The second-order valence-electron chi connectivity index (χ2n) is 4.15. The average Bonchev–Trinajstić information content (AvgIpc) is 2.37. The van der Waals surface area contributed by atoms with Gasteiger partial charge >= 0.3 is 0 Å². The molecule has 0 spiro atoms. The van der Waals surface area contributed by atoms with E-state index in [9.17, 15) is 9.50 Å². The molecule has 0 aliphatic rings. The summed E-state index contributed by atoms with van der Waals surface area (Å²) in [5.41, 5.74) is 1.96. The molecule has 0 aliphatic heterocycles. The lowest BCUT2D eigenvalue weighted by atomic mass is 9.93. The Morgan fingerprint density at radius 3 is 2.56 bits per heavy atom. The largest absolute Gasteiger partial charge is 0.396 e. The second kappa shape index (κ2) is 6.07. The molecule has 0 saturated carbocycles. The number of halogens is 2. The number of aliphatic hydroxyl groups excluding tert-OH is 1. The van der Waals surface area contributed by atoms with Crippen LogP contribution in [0.1, 0.15) is 17.0 Å². The molecule has 0 amide bonds. The predicted octanol–water partition coefficient (Wildman–Crippen LogP) is 3.30. The highest BCUT2D eigenvalue weighted by atomic mass is 79.9. The molecule has 18 heavy (non-hydrogen) atoms. The molecule has 0 fully saturated rings. The second-order valence-corrected chi connectivity index (χ2v) is 5.06. The zero-order valence-corrected chi connectivity index (χ0v) is 11.3. The van der Waals surface area contributed by atoms with E-state index >= 15 is 0 Å². The van der Waals surface area contributed by atoms with Crippen LogP contribution in [0.25, 0.3) is 0 Å². The summed E-state index contributed by atoms with van der Waals surface area (Å²) in [6.07, 6.45) is 4.17. The van der Waals surface area contributed by atoms with Crippen LogP contribution in [0, 0.1) is 5.82 Å². The maximum absolute atomic E-state index is 12.9. The molecule has 1 aromatic heterocycles. The maximum atomic E-state index is 12.9. The Bertz CT molecular complexity index is 515. The lowest BCUT2D eigenvalue weighted by Crippen LogP contribution is -2.08. The van der Waals surface area contributed by atoms with Crippen molar-refractivity contribution in [3.63, 3.8) is 0 Å². The Kier molecular flexibility index (Phi) is 4.44. The predicted molar refractivity (Wildman–Crippen MR) is 71.9 cm³/mol. The Morgan fingerprint density at radius 1 is 1.22 bits per heavy atom. The SMILES string of the molecule is OCC(Cc1cncc(Br)c1)c1ccc(F)cc1. The van der Waals surface area contributed by atoms with Gasteiger partial charge in [0.1, 0.15) is 5.82 Å². The van der Waals surface area contributed by atoms with E-state index in [1.165, 1.54) is 12.1 Å². The summed E-state index contributed by atoms with van der Waals surface area (Å²) < 4.78 is 13.8. The summed E-state index contributed by atoms with van der Waals surface area (Å²) in [6, 6.07) is 8.22. The third-order valence-corrected chi connectivity index (χ3v) is 3.24. The van der Waals surface area contributed by atoms with Gasteiger partial charge in [-0.1, -0.05) is 12.1 Å². The topological polar surface area (TPSA) is 33.1 Å². The molecule has 0 bridgehead atoms. The standard InChI is InChI=1S/C14H13BrFNO/c15-13-6-10(7-17-8-13)5-12(9-18)11-1-3-14(16)4-2-11/h1-4,6-8,12,18H,5,9H2. The molecule has 2 rings (SSSR count). The third kappa shape index (κ3) is 3.37. The monoisotopic (exact) mass is 309 g/mol. The van der Waals surface area contributed by atoms with Crippen LogP contribution in [0.2, 0.25) is 0 Å². The zero-order valence-electron chi connectivity index (χ0n) is 9.68. The average molecular weight is 310 g/mol. The van der Waals surface area contributed by atoms with Crippen LogP contribution in [0.3, 0.4) is 0 Å². The van der Waals surface area contributed by atoms with E-state index in [0.29, 0.717) is 6.42 Å². The quantitative estimate of drug-likeness (QED) is 0.940. The molecule has 1 N–H and O–H groups in total. The first-order chi connectivity index (χ1) is 8.69. The van der Waals surface area contributed by atoms with Gasteiger partial charge < -0.3 is 5.11 Å². The molecule has 1 atom stereocenters. The van der Waals surface area contributed by atoms with Gasteiger partial charge in [-0.25, -0.2) is 4.39 Å². The van der Waals surface area contributed by atoms with E-state index in [4.69, 9.17) is 0 Å². The van der Waals surface area contributed by atoms with Crippen LogP contribution in [0.5, 0.6) is 0 Å². The fourth-order valence-electron chi connectivity index (χ4n) is 1.87. The van der Waals surface area contributed by atoms with Crippen LogP contribution in [0.15, 0.2) is 47.2 Å². The Hall–Kier alpha value is -1.26. The molecule has 2 aromatic rings. The van der Waals surface area contributed by atoms with Crippen molar-refractivity contribution in [1.82, 2.24) is 4.98 Å². The smallest absolute Gasteiger partial charge is 0.123 e. The summed E-state index contributed by atoms with van der Waals surface area (Å²) in [5.74, 6) is -0.304. The first-order valence-corrected chi connectivity index (χ1v) is 6.44. The molecule has 1 unspecified atom stereocenters. The van der Waals surface area contributed by atoms with E-state index in [1.807, 2.05) is 6.07 Å². The minimum Gasteiger partial charge on any atom is -0.396 e. The molecule has 1 aromatic carbocycles. The first-order valence-electron chi connectivity index (χ1n) is 5.65. The number of benzene rings is 1. The van der Waals surface area contributed by atoms with Crippen molar-refractivity contribution in [3.8, 4) is 0 Å². The van der Waals surface area contributed by atoms with Gasteiger partial charge in [-0.3, -0.25) is 4.98 Å². The van der Waals surface area contributed by atoms with Crippen molar-refractivity contribution >= 4 is 15.9 Å². The maximum Gasteiger partial charge on any atom is 0.123 e. The summed E-state index contributed by atoms with van der Waals surface area (Å²) >= 11 is 3.37. The molecule has 0 radical (unpaired) electrons. The highest BCUT2D eigenvalue weighted by Crippen LogP contribution is 2.22. The lowest BCUT2D eigenvalue weighted by molar-refractivity contribution is 0.264. The van der Waals surface area contributed by atoms with Crippen LogP contribution in [0.4, 0.5) is 4.39 Å². The Balaban J connectivity index is 2.17. The highest BCUT2D eigenvalue weighted by molar-refractivity contribution is 9.10. The zero-order chi connectivity index (χ0) is 13.0. The minimum absolute atomic E-state index is 0.0259. The van der Waals surface area contributed by atoms with E-state index in [1.54, 1.807) is 24.5 Å². The highest BCUT2D eigenvalue weighted by Gasteiger charge is 2.12. The van der Waals surface area contributed by atoms with Gasteiger partial charge in [-0.05, 0) is 51.7 Å². The van der Waals surface area contributed by atoms with E-state index < -0.39 is 0 Å². The molecule has 4 heteroatoms. The summed E-state index contributed by atoms with van der Waals surface area (Å²) in [5, 5.41) is 9.45. The van der Waals surface area contributed by atoms with E-state index in [-0.39, 0.29) is 18.3 Å². The number of rotatable bonds is 4. The lowest BCUT2D eigenvalue weighted by Gasteiger charge is -2.14. The Labute approximate surface area is 114 Å². The normalized spacial score (nSPS) is 12.4. The molecule has 94 valence electrons. The van der Waals surface area contributed by atoms with Gasteiger partial charge in [-0.15, -0.1) is 0 Å². The third-order valence-electron chi connectivity index (χ3n) is 2.81. The molecule has 0 aliphatic carbocycles. The van der Waals surface area contributed by atoms with Crippen molar-refractivity contribution in [3.05, 3.63) is 64.1 Å². The van der Waals surface area contributed by atoms with Gasteiger partial charge in [-0.2, -0.15) is 0 Å². The minimum atomic E-state index is -0.264. The van der Waals surface area contributed by atoms with Crippen molar-refractivity contribution in [2.24, 2.45) is 0 Å². The number of hydrogen-bond donors (Lipinski definition) is 1.